The van der Waals surface area contributed by atoms with E-state index in [1.165, 1.54) is 11.1 Å². The summed E-state index contributed by atoms with van der Waals surface area (Å²) in [5, 5.41) is 0. The van der Waals surface area contributed by atoms with Crippen molar-refractivity contribution in [3.8, 4) is 0 Å². The molecular formula is C14H14Ca. The van der Waals surface area contributed by atoms with Crippen LogP contribution >= 0.6 is 0 Å². The summed E-state index contributed by atoms with van der Waals surface area (Å²) in [5.41, 5.74) is 2.58. The summed E-state index contributed by atoms with van der Waals surface area (Å²) >= 11 is 0. The Morgan fingerprint density at radius 3 is 1.07 bits per heavy atom. The molecule has 0 atom stereocenters. The van der Waals surface area contributed by atoms with Gasteiger partial charge in [-0.05, 0) is 0 Å². The van der Waals surface area contributed by atoms with Gasteiger partial charge >= 0.3 is 37.7 Å². The van der Waals surface area contributed by atoms with Crippen LogP contribution in [0.2, 0.25) is 0 Å². The van der Waals surface area contributed by atoms with Crippen LogP contribution in [0.15, 0.2) is 48.5 Å². The molecule has 0 aliphatic carbocycles. The molecule has 0 saturated carbocycles. The first-order valence-electron chi connectivity index (χ1n) is 4.64. The molecule has 0 fully saturated rings. The zero-order valence-electron chi connectivity index (χ0n) is 9.33. The van der Waals surface area contributed by atoms with Crippen LogP contribution < -0.4 is 0 Å². The first-order chi connectivity index (χ1) is 6.79. The van der Waals surface area contributed by atoms with Gasteiger partial charge in [-0.1, -0.05) is 13.8 Å². The predicted molar refractivity (Wildman–Crippen MR) is 65.8 cm³/mol. The summed E-state index contributed by atoms with van der Waals surface area (Å²) < 4.78 is 0. The van der Waals surface area contributed by atoms with Crippen molar-refractivity contribution in [2.45, 2.75) is 13.8 Å². The maximum absolute atomic E-state index is 2.93. The maximum Gasteiger partial charge on any atom is 2.00 e. The van der Waals surface area contributed by atoms with E-state index in [-0.39, 0.29) is 37.7 Å². The molecule has 0 nitrogen and oxygen atoms in total. The van der Waals surface area contributed by atoms with E-state index in [0.29, 0.717) is 0 Å². The summed E-state index contributed by atoms with van der Waals surface area (Å²) in [6.07, 6.45) is 0. The van der Waals surface area contributed by atoms with E-state index in [0.717, 1.165) is 0 Å². The van der Waals surface area contributed by atoms with Gasteiger partial charge in [0.25, 0.3) is 0 Å². The van der Waals surface area contributed by atoms with Gasteiger partial charge in [-0.25, -0.2) is 0 Å². The van der Waals surface area contributed by atoms with E-state index in [4.69, 9.17) is 0 Å². The molecule has 15 heavy (non-hydrogen) atoms. The molecule has 0 aromatic heterocycles. The van der Waals surface area contributed by atoms with Crippen LogP contribution in [0.25, 0.3) is 0 Å². The van der Waals surface area contributed by atoms with Crippen LogP contribution in [0, 0.1) is 26.0 Å². The second-order valence-electron chi connectivity index (χ2n) is 3.15. The molecule has 0 spiro atoms. The van der Waals surface area contributed by atoms with Gasteiger partial charge in [0, 0.05) is 0 Å². The molecule has 1 heteroatoms. The maximum atomic E-state index is 2.93. The summed E-state index contributed by atoms with van der Waals surface area (Å²) in [6.45, 7) is 4.13. The minimum absolute atomic E-state index is 0. The number of hydrogen-bond acceptors (Lipinski definition) is 0. The van der Waals surface area contributed by atoms with Crippen LogP contribution in [0.5, 0.6) is 0 Å². The number of aryl methyl sites for hydroxylation is 2. The molecule has 0 radical (unpaired) electrons. The Labute approximate surface area is 122 Å². The Balaban J connectivity index is 0.000000245. The molecule has 0 bridgehead atoms. The fourth-order valence-electron chi connectivity index (χ4n) is 0.940. The normalized spacial score (nSPS) is 8.13. The van der Waals surface area contributed by atoms with Crippen molar-refractivity contribution < 1.29 is 0 Å². The fourth-order valence-corrected chi connectivity index (χ4v) is 0.940. The van der Waals surface area contributed by atoms with Crippen LogP contribution in [-0.4, -0.2) is 37.7 Å². The Kier molecular flexibility index (Phi) is 8.78. The average Bonchev–Trinajstić information content (AvgIpc) is 2.21. The monoisotopic (exact) mass is 222 g/mol. The van der Waals surface area contributed by atoms with E-state index in [1.54, 1.807) is 0 Å². The third kappa shape index (κ3) is 7.61. The summed E-state index contributed by atoms with van der Waals surface area (Å²) in [5.74, 6) is 0. The van der Waals surface area contributed by atoms with Gasteiger partial charge in [-0.15, -0.1) is 0 Å². The molecule has 0 saturated heterocycles. The summed E-state index contributed by atoms with van der Waals surface area (Å²) in [7, 11) is 0. The zero-order valence-corrected chi connectivity index (χ0v) is 11.5. The molecule has 72 valence electrons. The van der Waals surface area contributed by atoms with Gasteiger partial charge < -0.3 is 0 Å². The molecular weight excluding hydrogens is 208 g/mol. The van der Waals surface area contributed by atoms with Crippen molar-refractivity contribution >= 4 is 37.7 Å². The van der Waals surface area contributed by atoms with Gasteiger partial charge in [0.1, 0.15) is 0 Å². The first kappa shape index (κ1) is 14.7. The second kappa shape index (κ2) is 8.96. The summed E-state index contributed by atoms with van der Waals surface area (Å²) in [6, 6.07) is 21.6. The minimum Gasteiger partial charge on any atom is -0.184 e. The summed E-state index contributed by atoms with van der Waals surface area (Å²) in [4.78, 5) is 0. The quantitative estimate of drug-likeness (QED) is 0.474. The smallest absolute Gasteiger partial charge is 0.184 e. The van der Waals surface area contributed by atoms with E-state index in [2.05, 4.69) is 26.0 Å². The zero-order chi connectivity index (χ0) is 10.2. The van der Waals surface area contributed by atoms with Gasteiger partial charge in [-0.2, -0.15) is 71.8 Å². The number of benzene rings is 2. The van der Waals surface area contributed by atoms with E-state index in [9.17, 15) is 0 Å². The average molecular weight is 222 g/mol. The molecule has 0 aliphatic rings. The molecule has 0 amide bonds. The Hall–Kier alpha value is -0.300. The third-order valence-electron chi connectivity index (χ3n) is 1.77. The van der Waals surface area contributed by atoms with Crippen molar-refractivity contribution in [2.24, 2.45) is 0 Å². The molecule has 0 N–H and O–H groups in total. The Bertz CT molecular complexity index is 303. The van der Waals surface area contributed by atoms with E-state index >= 15 is 0 Å². The van der Waals surface area contributed by atoms with Gasteiger partial charge in [0.15, 0.2) is 0 Å². The fraction of sp³-hybridized carbons (Fsp3) is 0.143. The molecule has 0 unspecified atom stereocenters. The van der Waals surface area contributed by atoms with Crippen molar-refractivity contribution in [3.63, 3.8) is 0 Å². The topological polar surface area (TPSA) is 0 Å². The van der Waals surface area contributed by atoms with Crippen molar-refractivity contribution in [1.29, 1.82) is 0 Å². The van der Waals surface area contributed by atoms with Crippen LogP contribution in [-0.2, 0) is 0 Å². The minimum atomic E-state index is 0. The molecule has 2 aromatic carbocycles. The van der Waals surface area contributed by atoms with E-state index < -0.39 is 0 Å². The molecule has 0 heterocycles. The van der Waals surface area contributed by atoms with Crippen molar-refractivity contribution in [2.75, 3.05) is 0 Å². The van der Waals surface area contributed by atoms with E-state index in [1.807, 2.05) is 48.5 Å². The van der Waals surface area contributed by atoms with Crippen molar-refractivity contribution in [3.05, 3.63) is 71.8 Å². The molecule has 0 aliphatic heterocycles. The van der Waals surface area contributed by atoms with Gasteiger partial charge in [0.2, 0.25) is 0 Å². The van der Waals surface area contributed by atoms with Crippen LogP contribution in [0.4, 0.5) is 0 Å². The van der Waals surface area contributed by atoms with Crippen molar-refractivity contribution in [1.82, 2.24) is 0 Å². The SMILES string of the molecule is Cc1cc[c-]cc1.Cc1cc[c-]cc1.[Ca+2]. The van der Waals surface area contributed by atoms with Gasteiger partial charge in [0.05, 0.1) is 0 Å². The van der Waals surface area contributed by atoms with Crippen LogP contribution in [0.1, 0.15) is 11.1 Å². The second-order valence-corrected chi connectivity index (χ2v) is 3.15. The standard InChI is InChI=1S/2C7H7.Ca/c2*1-7-5-3-2-4-6-7;/h2*3-6H,1H3;/q2*-1;+2. The predicted octanol–water partition coefficient (Wildman–Crippen LogP) is 3.21. The van der Waals surface area contributed by atoms with Crippen LogP contribution in [0.3, 0.4) is 0 Å². The number of hydrogen-bond donors (Lipinski definition) is 0. The van der Waals surface area contributed by atoms with Gasteiger partial charge in [-0.3, -0.25) is 0 Å². The molecule has 2 rings (SSSR count). The largest absolute Gasteiger partial charge is 2.00 e. The Morgan fingerprint density at radius 1 is 0.667 bits per heavy atom. The first-order valence-corrected chi connectivity index (χ1v) is 4.64. The third-order valence-corrected chi connectivity index (χ3v) is 1.77. The Morgan fingerprint density at radius 2 is 0.933 bits per heavy atom. The molecule has 2 aromatic rings. The number of rotatable bonds is 0.